The molecule has 7 heteroatoms. The number of nitrogens with zero attached hydrogens (tertiary/aromatic N) is 1. The molecule has 1 unspecified atom stereocenters. The van der Waals surface area contributed by atoms with Gasteiger partial charge in [0.1, 0.15) is 0 Å². The Hall–Kier alpha value is -2.05. The van der Waals surface area contributed by atoms with E-state index in [0.29, 0.717) is 0 Å². The van der Waals surface area contributed by atoms with Crippen LogP contribution >= 0.6 is 0 Å². The van der Waals surface area contributed by atoms with Gasteiger partial charge in [-0.2, -0.15) is 18.2 Å². The maximum atomic E-state index is 13.3. The zero-order valence-corrected chi connectivity index (χ0v) is 10.8. The van der Waals surface area contributed by atoms with Crippen LogP contribution in [-0.4, -0.2) is 24.1 Å². The molecule has 1 heterocycles. The van der Waals surface area contributed by atoms with Crippen molar-refractivity contribution in [1.29, 1.82) is 0 Å². The maximum absolute atomic E-state index is 13.3. The number of halogens is 3. The van der Waals surface area contributed by atoms with E-state index >= 15 is 0 Å². The molecule has 0 saturated carbocycles. The van der Waals surface area contributed by atoms with Crippen LogP contribution in [0.4, 0.5) is 13.2 Å². The van der Waals surface area contributed by atoms with Gasteiger partial charge in [0.2, 0.25) is 0 Å². The second kappa shape index (κ2) is 4.81. The van der Waals surface area contributed by atoms with Crippen LogP contribution in [0, 0.1) is 0 Å². The van der Waals surface area contributed by atoms with Gasteiger partial charge in [-0.3, -0.25) is 0 Å². The highest BCUT2D eigenvalue weighted by Crippen LogP contribution is 2.46. The molecule has 0 fully saturated rings. The molecule has 0 aromatic heterocycles. The predicted molar refractivity (Wildman–Crippen MR) is 63.9 cm³/mol. The van der Waals surface area contributed by atoms with E-state index in [0.717, 1.165) is 0 Å². The van der Waals surface area contributed by atoms with Crippen LogP contribution in [0.25, 0.3) is 0 Å². The van der Waals surface area contributed by atoms with Crippen molar-refractivity contribution in [1.82, 2.24) is 0 Å². The van der Waals surface area contributed by atoms with Crippen molar-refractivity contribution in [2.45, 2.75) is 31.9 Å². The number of hydrogen-bond acceptors (Lipinski definition) is 4. The molecule has 1 atom stereocenters. The van der Waals surface area contributed by atoms with E-state index in [4.69, 9.17) is 4.74 Å². The van der Waals surface area contributed by atoms with Gasteiger partial charge in [-0.15, -0.1) is 0 Å². The molecule has 0 saturated heterocycles. The smallest absolute Gasteiger partial charge is 0.455 e. The molecule has 108 valence electrons. The van der Waals surface area contributed by atoms with Gasteiger partial charge < -0.3 is 9.47 Å². The molecule has 1 aliphatic rings. The highest BCUT2D eigenvalue weighted by Gasteiger charge is 2.64. The van der Waals surface area contributed by atoms with Gasteiger partial charge in [0.25, 0.3) is 0 Å². The average molecular weight is 287 g/mol. The number of hydrogen-bond donors (Lipinski definition) is 0. The Morgan fingerprint density at radius 2 is 1.85 bits per heavy atom. The van der Waals surface area contributed by atoms with Crippen LogP contribution in [0.5, 0.6) is 0 Å². The third-order valence-corrected chi connectivity index (χ3v) is 2.57. The van der Waals surface area contributed by atoms with E-state index in [-0.39, 0.29) is 5.56 Å². The normalized spacial score (nSPS) is 22.7. The van der Waals surface area contributed by atoms with Crippen LogP contribution in [0.2, 0.25) is 0 Å². The second-order valence-electron chi connectivity index (χ2n) is 4.48. The first kappa shape index (κ1) is 14.4. The molecule has 1 aromatic rings. The quantitative estimate of drug-likeness (QED) is 0.786. The van der Waals surface area contributed by atoms with E-state index in [1.807, 2.05) is 0 Å². The molecule has 0 N–H and O–H groups in total. The number of alkyl halides is 3. The van der Waals surface area contributed by atoms with Crippen molar-refractivity contribution in [2.24, 2.45) is 4.99 Å². The first-order valence-corrected chi connectivity index (χ1v) is 5.88. The molecule has 0 amide bonds. The largest absolute Gasteiger partial charge is 0.470 e. The summed E-state index contributed by atoms with van der Waals surface area (Å²) in [4.78, 5) is 14.9. The summed E-state index contributed by atoms with van der Waals surface area (Å²) in [7, 11) is 0. The molecular weight excluding hydrogens is 275 g/mol. The summed E-state index contributed by atoms with van der Waals surface area (Å²) in [6, 6.07) is 6.77. The van der Waals surface area contributed by atoms with E-state index in [2.05, 4.69) is 9.73 Å². The van der Waals surface area contributed by atoms with Crippen molar-refractivity contribution in [2.75, 3.05) is 0 Å². The number of ether oxygens (including phenoxy) is 2. The van der Waals surface area contributed by atoms with Crippen molar-refractivity contribution in [3.05, 3.63) is 35.9 Å². The molecule has 2 rings (SSSR count). The minimum Gasteiger partial charge on any atom is -0.470 e. The lowest BCUT2D eigenvalue weighted by molar-refractivity contribution is -0.265. The highest BCUT2D eigenvalue weighted by atomic mass is 19.4. The number of aliphatic imine (C=N–C) groups is 1. The Morgan fingerprint density at radius 3 is 2.35 bits per heavy atom. The van der Waals surface area contributed by atoms with Gasteiger partial charge in [-0.05, 0) is 13.8 Å². The van der Waals surface area contributed by atoms with Crippen LogP contribution in [0.15, 0.2) is 35.3 Å². The van der Waals surface area contributed by atoms with Crippen LogP contribution in [0.3, 0.4) is 0 Å². The molecule has 4 nitrogen and oxygen atoms in total. The van der Waals surface area contributed by atoms with Gasteiger partial charge in [0, 0.05) is 5.56 Å². The van der Waals surface area contributed by atoms with Gasteiger partial charge in [-0.1, -0.05) is 30.3 Å². The molecule has 0 spiro atoms. The summed E-state index contributed by atoms with van der Waals surface area (Å²) in [6.07, 6.45) is -5.37. The standard InChI is InChI=1S/C13H12F3NO3/c1-8(2)19-10-11(18)20-12(17-10,13(14,15)16)9-6-4-3-5-7-9/h3-8H,1-2H3. The van der Waals surface area contributed by atoms with Gasteiger partial charge in [0.15, 0.2) is 0 Å². The Bertz CT molecular complexity index is 540. The number of benzene rings is 1. The minimum atomic E-state index is -4.88. The fraction of sp³-hybridized carbons (Fsp3) is 0.385. The monoisotopic (exact) mass is 287 g/mol. The van der Waals surface area contributed by atoms with Crippen molar-refractivity contribution in [3.63, 3.8) is 0 Å². The number of cyclic esters (lactones) is 1. The Balaban J connectivity index is 2.52. The van der Waals surface area contributed by atoms with E-state index < -0.39 is 29.9 Å². The predicted octanol–water partition coefficient (Wildman–Crippen LogP) is 2.78. The van der Waals surface area contributed by atoms with E-state index in [1.165, 1.54) is 24.3 Å². The lowest BCUT2D eigenvalue weighted by Crippen LogP contribution is -2.41. The van der Waals surface area contributed by atoms with E-state index in [9.17, 15) is 18.0 Å². The Kier molecular flexibility index (Phi) is 3.45. The van der Waals surface area contributed by atoms with Crippen molar-refractivity contribution < 1.29 is 27.4 Å². The molecule has 1 aliphatic heterocycles. The second-order valence-corrected chi connectivity index (χ2v) is 4.48. The molecule has 1 aromatic carbocycles. The summed E-state index contributed by atoms with van der Waals surface area (Å²) in [5.41, 5.74) is -3.31. The van der Waals surface area contributed by atoms with E-state index in [1.54, 1.807) is 19.9 Å². The van der Waals surface area contributed by atoms with Gasteiger partial charge in [0.05, 0.1) is 6.10 Å². The summed E-state index contributed by atoms with van der Waals surface area (Å²) in [5.74, 6) is -1.89. The number of esters is 1. The fourth-order valence-electron chi connectivity index (χ4n) is 1.76. The van der Waals surface area contributed by atoms with Crippen molar-refractivity contribution >= 4 is 11.9 Å². The fourth-order valence-corrected chi connectivity index (χ4v) is 1.76. The number of rotatable bonds is 2. The third-order valence-electron chi connectivity index (χ3n) is 2.57. The number of carbonyl (C=O) groups is 1. The topological polar surface area (TPSA) is 47.9 Å². The molecule has 0 bridgehead atoms. The molecular formula is C13H12F3NO3. The number of carbonyl (C=O) groups excluding carboxylic acids is 1. The molecule has 0 aliphatic carbocycles. The lowest BCUT2D eigenvalue weighted by Gasteiger charge is -2.27. The maximum Gasteiger partial charge on any atom is 0.455 e. The first-order valence-electron chi connectivity index (χ1n) is 5.88. The van der Waals surface area contributed by atoms with Crippen LogP contribution in [-0.2, 0) is 20.0 Å². The summed E-state index contributed by atoms with van der Waals surface area (Å²) in [6.45, 7) is 3.15. The van der Waals surface area contributed by atoms with Gasteiger partial charge in [-0.25, -0.2) is 4.79 Å². The highest BCUT2D eigenvalue weighted by molar-refractivity contribution is 6.34. The lowest BCUT2D eigenvalue weighted by atomic mass is 10.0. The van der Waals surface area contributed by atoms with Gasteiger partial charge >= 0.3 is 23.8 Å². The summed E-state index contributed by atoms with van der Waals surface area (Å²) in [5, 5.41) is 0. The van der Waals surface area contributed by atoms with Crippen LogP contribution in [0.1, 0.15) is 19.4 Å². The molecule has 0 radical (unpaired) electrons. The zero-order valence-electron chi connectivity index (χ0n) is 10.8. The minimum absolute atomic E-state index is 0.275. The zero-order chi connectivity index (χ0) is 15.0. The third kappa shape index (κ3) is 2.35. The summed E-state index contributed by atoms with van der Waals surface area (Å²) < 4.78 is 49.5. The summed E-state index contributed by atoms with van der Waals surface area (Å²) >= 11 is 0. The Labute approximate surface area is 113 Å². The van der Waals surface area contributed by atoms with Crippen LogP contribution < -0.4 is 0 Å². The van der Waals surface area contributed by atoms with Crippen molar-refractivity contribution in [3.8, 4) is 0 Å². The average Bonchev–Trinajstić information content (AvgIpc) is 2.68. The first-order chi connectivity index (χ1) is 9.26. The SMILES string of the molecule is CC(C)OC1=NC(c2ccccc2)(C(F)(F)F)OC1=O. The Morgan fingerprint density at radius 1 is 1.25 bits per heavy atom. The molecule has 20 heavy (non-hydrogen) atoms.